The molecule has 1 N–H and O–H groups in total. The third kappa shape index (κ3) is 2.75. The molecule has 2 aromatic rings. The monoisotopic (exact) mass is 317 g/mol. The third-order valence-electron chi connectivity index (χ3n) is 4.55. The Bertz CT molecular complexity index is 745. The Balaban J connectivity index is 2.05. The van der Waals surface area contributed by atoms with Crippen LogP contribution in [0.5, 0.6) is 0 Å². The van der Waals surface area contributed by atoms with E-state index in [0.717, 1.165) is 22.3 Å². The number of rotatable bonds is 3. The van der Waals surface area contributed by atoms with Crippen LogP contribution in [0.4, 0.5) is 0 Å². The molecule has 1 heterocycles. The minimum atomic E-state index is 0.286. The van der Waals surface area contributed by atoms with Gasteiger partial charge in [0.2, 0.25) is 0 Å². The van der Waals surface area contributed by atoms with Crippen molar-refractivity contribution in [2.45, 2.75) is 43.4 Å². The molecule has 3 rings (SSSR count). The maximum atomic E-state index is 9.11. The summed E-state index contributed by atoms with van der Waals surface area (Å²) in [6, 6.07) is 7.95. The number of fused-ring (bicyclic) bond motifs is 1. The second kappa shape index (κ2) is 5.86. The Morgan fingerprint density at radius 3 is 2.81 bits per heavy atom. The van der Waals surface area contributed by atoms with E-state index in [0.29, 0.717) is 5.56 Å². The fourth-order valence-corrected chi connectivity index (χ4v) is 4.52. The molecule has 3 nitrogen and oxygen atoms in total. The molecule has 1 fully saturated rings. The van der Waals surface area contributed by atoms with Crippen LogP contribution in [0, 0.1) is 16.1 Å². The van der Waals surface area contributed by atoms with Crippen molar-refractivity contribution < 1.29 is 0 Å². The molecular formula is C16H19N3S2. The SMILES string of the molecule is CSC1(Cn2c(=S)[nH]c3ccc(C#N)cc32)CCCCC1. The highest BCUT2D eigenvalue weighted by molar-refractivity contribution is 8.00. The number of aromatic nitrogens is 2. The molecule has 0 spiro atoms. The van der Waals surface area contributed by atoms with E-state index in [1.54, 1.807) is 0 Å². The average molecular weight is 317 g/mol. The van der Waals surface area contributed by atoms with Crippen molar-refractivity contribution in [3.8, 4) is 6.07 Å². The maximum Gasteiger partial charge on any atom is 0.178 e. The zero-order chi connectivity index (χ0) is 14.9. The Hall–Kier alpha value is -1.25. The fourth-order valence-electron chi connectivity index (χ4n) is 3.29. The zero-order valence-electron chi connectivity index (χ0n) is 12.2. The Kier molecular flexibility index (Phi) is 4.10. The van der Waals surface area contributed by atoms with Crippen LogP contribution >= 0.6 is 24.0 Å². The summed E-state index contributed by atoms with van der Waals surface area (Å²) in [6.45, 7) is 0.932. The summed E-state index contributed by atoms with van der Waals surface area (Å²) in [7, 11) is 0. The van der Waals surface area contributed by atoms with Gasteiger partial charge in [-0.15, -0.1) is 0 Å². The van der Waals surface area contributed by atoms with Crippen molar-refractivity contribution in [3.63, 3.8) is 0 Å². The smallest absolute Gasteiger partial charge is 0.178 e. The lowest BCUT2D eigenvalue weighted by Gasteiger charge is -2.36. The van der Waals surface area contributed by atoms with Gasteiger partial charge in [-0.05, 0) is 49.5 Å². The lowest BCUT2D eigenvalue weighted by atomic mass is 9.88. The van der Waals surface area contributed by atoms with Crippen LogP contribution in [-0.4, -0.2) is 20.6 Å². The number of hydrogen-bond acceptors (Lipinski definition) is 3. The molecule has 5 heteroatoms. The average Bonchev–Trinajstić information content (AvgIpc) is 2.83. The number of benzene rings is 1. The van der Waals surface area contributed by atoms with Crippen molar-refractivity contribution >= 4 is 35.0 Å². The molecule has 110 valence electrons. The molecule has 0 saturated heterocycles. The first-order valence-electron chi connectivity index (χ1n) is 7.35. The highest BCUT2D eigenvalue weighted by atomic mass is 32.2. The molecule has 1 aromatic carbocycles. The van der Waals surface area contributed by atoms with Gasteiger partial charge in [0.05, 0.1) is 22.7 Å². The molecule has 21 heavy (non-hydrogen) atoms. The first-order chi connectivity index (χ1) is 10.2. The molecule has 0 amide bonds. The Labute approximate surface area is 134 Å². The van der Waals surface area contributed by atoms with Crippen LogP contribution in [0.15, 0.2) is 18.2 Å². The molecule has 1 aliphatic carbocycles. The first kappa shape index (κ1) is 14.7. The summed E-state index contributed by atoms with van der Waals surface area (Å²) >= 11 is 7.49. The second-order valence-electron chi connectivity index (χ2n) is 5.81. The van der Waals surface area contributed by atoms with E-state index in [1.165, 1.54) is 32.1 Å². The largest absolute Gasteiger partial charge is 0.331 e. The number of hydrogen-bond donors (Lipinski definition) is 1. The number of imidazole rings is 1. The number of aromatic amines is 1. The molecule has 1 aromatic heterocycles. The maximum absolute atomic E-state index is 9.11. The van der Waals surface area contributed by atoms with Crippen LogP contribution in [0.3, 0.4) is 0 Å². The van der Waals surface area contributed by atoms with Gasteiger partial charge in [0, 0.05) is 11.3 Å². The molecule has 1 aliphatic rings. The lowest BCUT2D eigenvalue weighted by Crippen LogP contribution is -2.33. The summed E-state index contributed by atoms with van der Waals surface area (Å²) in [5.41, 5.74) is 2.76. The standard InChI is InChI=1S/C16H19N3S2/c1-21-16(7-3-2-4-8-16)11-19-14-9-12(10-17)5-6-13(14)18-15(19)20/h5-6,9H,2-4,7-8,11H2,1H3,(H,18,20). The van der Waals surface area contributed by atoms with E-state index in [9.17, 15) is 0 Å². The Morgan fingerprint density at radius 2 is 2.14 bits per heavy atom. The van der Waals surface area contributed by atoms with E-state index in [1.807, 2.05) is 30.0 Å². The summed E-state index contributed by atoms with van der Waals surface area (Å²) < 4.78 is 3.24. The first-order valence-corrected chi connectivity index (χ1v) is 8.99. The molecule has 0 aliphatic heterocycles. The molecule has 0 radical (unpaired) electrons. The number of nitrogens with zero attached hydrogens (tertiary/aromatic N) is 2. The van der Waals surface area contributed by atoms with Crippen LogP contribution in [0.25, 0.3) is 11.0 Å². The highest BCUT2D eigenvalue weighted by Gasteiger charge is 2.32. The highest BCUT2D eigenvalue weighted by Crippen LogP contribution is 2.40. The van der Waals surface area contributed by atoms with Gasteiger partial charge in [-0.1, -0.05) is 19.3 Å². The molecule has 1 saturated carbocycles. The van der Waals surface area contributed by atoms with Gasteiger partial charge in [-0.25, -0.2) is 0 Å². The van der Waals surface area contributed by atoms with E-state index >= 15 is 0 Å². The van der Waals surface area contributed by atoms with Gasteiger partial charge in [0.15, 0.2) is 4.77 Å². The summed E-state index contributed by atoms with van der Waals surface area (Å²) in [5, 5.41) is 9.11. The fraction of sp³-hybridized carbons (Fsp3) is 0.500. The van der Waals surface area contributed by atoms with Gasteiger partial charge >= 0.3 is 0 Å². The molecule has 0 atom stereocenters. The number of nitrogens with one attached hydrogen (secondary N) is 1. The van der Waals surface area contributed by atoms with Gasteiger partial charge in [-0.3, -0.25) is 0 Å². The summed E-state index contributed by atoms with van der Waals surface area (Å²) in [5.74, 6) is 0. The summed E-state index contributed by atoms with van der Waals surface area (Å²) in [6.07, 6.45) is 8.67. The van der Waals surface area contributed by atoms with Crippen molar-refractivity contribution in [3.05, 3.63) is 28.5 Å². The van der Waals surface area contributed by atoms with Crippen LogP contribution in [0.2, 0.25) is 0 Å². The van der Waals surface area contributed by atoms with Crippen molar-refractivity contribution in [1.82, 2.24) is 9.55 Å². The van der Waals surface area contributed by atoms with Gasteiger partial charge in [0.1, 0.15) is 0 Å². The van der Waals surface area contributed by atoms with E-state index < -0.39 is 0 Å². The third-order valence-corrected chi connectivity index (χ3v) is 6.27. The van der Waals surface area contributed by atoms with Gasteiger partial charge < -0.3 is 9.55 Å². The second-order valence-corrected chi connectivity index (χ2v) is 7.47. The van der Waals surface area contributed by atoms with E-state index in [-0.39, 0.29) is 4.75 Å². The predicted octanol–water partition coefficient (Wildman–Crippen LogP) is 4.64. The lowest BCUT2D eigenvalue weighted by molar-refractivity contribution is 0.360. The van der Waals surface area contributed by atoms with Crippen LogP contribution in [0.1, 0.15) is 37.7 Å². The number of H-pyrrole nitrogens is 1. The zero-order valence-corrected chi connectivity index (χ0v) is 13.8. The number of nitriles is 1. The molecular weight excluding hydrogens is 298 g/mol. The van der Waals surface area contributed by atoms with Crippen molar-refractivity contribution in [2.75, 3.05) is 6.26 Å². The topological polar surface area (TPSA) is 44.5 Å². The van der Waals surface area contributed by atoms with E-state index in [2.05, 4.69) is 21.9 Å². The van der Waals surface area contributed by atoms with Crippen LogP contribution in [-0.2, 0) is 6.54 Å². The molecule has 0 bridgehead atoms. The van der Waals surface area contributed by atoms with Crippen molar-refractivity contribution in [2.24, 2.45) is 0 Å². The predicted molar refractivity (Wildman–Crippen MR) is 91.2 cm³/mol. The quantitative estimate of drug-likeness (QED) is 0.839. The van der Waals surface area contributed by atoms with Gasteiger partial charge in [0.25, 0.3) is 0 Å². The molecule has 0 unspecified atom stereocenters. The number of thioether (sulfide) groups is 1. The van der Waals surface area contributed by atoms with Gasteiger partial charge in [-0.2, -0.15) is 17.0 Å². The minimum Gasteiger partial charge on any atom is -0.331 e. The van der Waals surface area contributed by atoms with Crippen LogP contribution < -0.4 is 0 Å². The Morgan fingerprint density at radius 1 is 1.38 bits per heavy atom. The van der Waals surface area contributed by atoms with Crippen molar-refractivity contribution in [1.29, 1.82) is 5.26 Å². The normalized spacial score (nSPS) is 17.7. The minimum absolute atomic E-state index is 0.286. The van der Waals surface area contributed by atoms with E-state index in [4.69, 9.17) is 17.5 Å². The summed E-state index contributed by atoms with van der Waals surface area (Å²) in [4.78, 5) is 3.27.